The molecule has 8 heteroatoms. The molecule has 158 valence electrons. The number of benzene rings is 1. The molecule has 0 aliphatic carbocycles. The number of carbonyl (C=O) groups is 4. The number of carbonyl (C=O) groups excluding carboxylic acids is 4. The Morgan fingerprint density at radius 1 is 1.20 bits per heavy atom. The molecule has 3 rings (SSSR count). The standard InChI is InChI=1S/C22H24N2O6/c1-14(25)16-6-3-8-18(12-16)23-20(26)15(2)30-22(28)17-7-4-10-24(13-17)21(27)19-9-5-11-29-19/h3,5-6,8-9,11-12,15,17H,4,7,10,13H2,1-2H3,(H,23,26)/t15-,17+/m1/s1. The average molecular weight is 412 g/mol. The van der Waals surface area contributed by atoms with Crippen LogP contribution < -0.4 is 5.32 Å². The summed E-state index contributed by atoms with van der Waals surface area (Å²) in [6.07, 6.45) is 1.64. The number of furan rings is 1. The van der Waals surface area contributed by atoms with Crippen molar-refractivity contribution in [2.75, 3.05) is 18.4 Å². The second kappa shape index (κ2) is 9.39. The van der Waals surface area contributed by atoms with Gasteiger partial charge in [-0.25, -0.2) is 0 Å². The van der Waals surface area contributed by atoms with E-state index in [9.17, 15) is 19.2 Å². The Bertz CT molecular complexity index is 937. The summed E-state index contributed by atoms with van der Waals surface area (Å²) in [7, 11) is 0. The van der Waals surface area contributed by atoms with E-state index in [1.807, 2.05) is 0 Å². The molecule has 1 aliphatic rings. The van der Waals surface area contributed by atoms with Gasteiger partial charge >= 0.3 is 5.97 Å². The summed E-state index contributed by atoms with van der Waals surface area (Å²) in [5, 5.41) is 2.65. The number of amides is 2. The molecular formula is C22H24N2O6. The molecule has 1 aromatic carbocycles. The van der Waals surface area contributed by atoms with Crippen LogP contribution in [0.1, 0.15) is 47.6 Å². The molecule has 2 atom stereocenters. The Hall–Kier alpha value is -3.42. The molecule has 8 nitrogen and oxygen atoms in total. The summed E-state index contributed by atoms with van der Waals surface area (Å²) in [6.45, 7) is 3.67. The zero-order chi connectivity index (χ0) is 21.7. The second-order valence-electron chi connectivity index (χ2n) is 7.27. The molecule has 2 amide bonds. The highest BCUT2D eigenvalue weighted by molar-refractivity contribution is 5.98. The lowest BCUT2D eigenvalue weighted by Gasteiger charge is -2.31. The molecule has 1 N–H and O–H groups in total. The van der Waals surface area contributed by atoms with Gasteiger partial charge in [-0.1, -0.05) is 12.1 Å². The number of hydrogen-bond acceptors (Lipinski definition) is 6. The Balaban J connectivity index is 1.55. The van der Waals surface area contributed by atoms with Crippen LogP contribution in [0.15, 0.2) is 47.1 Å². The number of hydrogen-bond donors (Lipinski definition) is 1. The highest BCUT2D eigenvalue weighted by atomic mass is 16.5. The maximum Gasteiger partial charge on any atom is 0.311 e. The fourth-order valence-electron chi connectivity index (χ4n) is 3.29. The molecule has 1 aliphatic heterocycles. The van der Waals surface area contributed by atoms with Gasteiger partial charge in [0.15, 0.2) is 17.6 Å². The summed E-state index contributed by atoms with van der Waals surface area (Å²) >= 11 is 0. The van der Waals surface area contributed by atoms with Crippen molar-refractivity contribution in [3.05, 3.63) is 54.0 Å². The third kappa shape index (κ3) is 5.14. The number of Topliss-reactive ketones (excluding diaryl/α,β-unsaturated/α-hetero) is 1. The van der Waals surface area contributed by atoms with E-state index in [4.69, 9.17) is 9.15 Å². The van der Waals surface area contributed by atoms with Crippen molar-refractivity contribution in [1.29, 1.82) is 0 Å². The van der Waals surface area contributed by atoms with Gasteiger partial charge in [-0.3, -0.25) is 19.2 Å². The first-order valence-electron chi connectivity index (χ1n) is 9.80. The van der Waals surface area contributed by atoms with Gasteiger partial charge in [0.25, 0.3) is 11.8 Å². The molecule has 2 aromatic rings. The first-order chi connectivity index (χ1) is 14.3. The first kappa shape index (κ1) is 21.3. The molecular weight excluding hydrogens is 388 g/mol. The predicted molar refractivity (Wildman–Crippen MR) is 108 cm³/mol. The summed E-state index contributed by atoms with van der Waals surface area (Å²) in [6, 6.07) is 9.75. The topological polar surface area (TPSA) is 106 Å². The smallest absolute Gasteiger partial charge is 0.311 e. The van der Waals surface area contributed by atoms with E-state index in [1.54, 1.807) is 41.3 Å². The van der Waals surface area contributed by atoms with Gasteiger partial charge in [0.2, 0.25) is 0 Å². The Labute approximate surface area is 174 Å². The van der Waals surface area contributed by atoms with Crippen LogP contribution in [0.2, 0.25) is 0 Å². The third-order valence-corrected chi connectivity index (χ3v) is 4.97. The summed E-state index contributed by atoms with van der Waals surface area (Å²) < 4.78 is 10.5. The number of ether oxygens (including phenoxy) is 1. The number of ketones is 1. The van der Waals surface area contributed by atoms with Gasteiger partial charge in [0, 0.05) is 24.3 Å². The highest BCUT2D eigenvalue weighted by Crippen LogP contribution is 2.21. The predicted octanol–water partition coefficient (Wildman–Crippen LogP) is 2.90. The lowest BCUT2D eigenvalue weighted by atomic mass is 9.98. The summed E-state index contributed by atoms with van der Waals surface area (Å²) in [4.78, 5) is 50.4. The molecule has 1 aromatic heterocycles. The number of nitrogens with one attached hydrogen (secondary N) is 1. The molecule has 0 unspecified atom stereocenters. The normalized spacial score (nSPS) is 17.1. The van der Waals surface area contributed by atoms with Crippen molar-refractivity contribution in [2.24, 2.45) is 5.92 Å². The Kier molecular flexibility index (Phi) is 6.66. The number of piperidine rings is 1. The van der Waals surface area contributed by atoms with E-state index in [-0.39, 0.29) is 24.0 Å². The second-order valence-corrected chi connectivity index (χ2v) is 7.27. The van der Waals surface area contributed by atoms with E-state index in [2.05, 4.69) is 5.32 Å². The van der Waals surface area contributed by atoms with E-state index in [1.165, 1.54) is 20.1 Å². The van der Waals surface area contributed by atoms with Crippen LogP contribution in [0, 0.1) is 5.92 Å². The number of anilines is 1. The molecule has 0 spiro atoms. The Morgan fingerprint density at radius 2 is 2.00 bits per heavy atom. The van der Waals surface area contributed by atoms with Gasteiger partial charge in [0.05, 0.1) is 12.2 Å². The van der Waals surface area contributed by atoms with E-state index in [0.717, 1.165) is 0 Å². The van der Waals surface area contributed by atoms with Crippen molar-refractivity contribution < 1.29 is 28.3 Å². The van der Waals surface area contributed by atoms with Crippen molar-refractivity contribution in [1.82, 2.24) is 4.90 Å². The van der Waals surface area contributed by atoms with Crippen molar-refractivity contribution in [3.8, 4) is 0 Å². The largest absolute Gasteiger partial charge is 0.459 e. The molecule has 1 fully saturated rings. The summed E-state index contributed by atoms with van der Waals surface area (Å²) in [5.41, 5.74) is 0.921. The van der Waals surface area contributed by atoms with E-state index < -0.39 is 23.9 Å². The van der Waals surface area contributed by atoms with Gasteiger partial charge in [-0.05, 0) is 51.0 Å². The molecule has 0 radical (unpaired) electrons. The third-order valence-electron chi connectivity index (χ3n) is 4.97. The van der Waals surface area contributed by atoms with Crippen LogP contribution in [0.25, 0.3) is 0 Å². The quantitative estimate of drug-likeness (QED) is 0.578. The average Bonchev–Trinajstić information content (AvgIpc) is 3.28. The van der Waals surface area contributed by atoms with Crippen LogP contribution in [-0.4, -0.2) is 47.7 Å². The maximum absolute atomic E-state index is 12.6. The number of likely N-dealkylation sites (tertiary alicyclic amines) is 1. The van der Waals surface area contributed by atoms with Gasteiger partial charge in [-0.2, -0.15) is 0 Å². The van der Waals surface area contributed by atoms with Crippen molar-refractivity contribution in [3.63, 3.8) is 0 Å². The zero-order valence-electron chi connectivity index (χ0n) is 16.9. The molecule has 0 saturated carbocycles. The van der Waals surface area contributed by atoms with E-state index in [0.29, 0.717) is 30.6 Å². The summed E-state index contributed by atoms with van der Waals surface area (Å²) in [5.74, 6) is -1.68. The van der Waals surface area contributed by atoms with Crippen molar-refractivity contribution >= 4 is 29.3 Å². The zero-order valence-corrected chi connectivity index (χ0v) is 16.9. The fraction of sp³-hybridized carbons (Fsp3) is 0.364. The van der Waals surface area contributed by atoms with Crippen LogP contribution in [-0.2, 0) is 14.3 Å². The molecule has 30 heavy (non-hydrogen) atoms. The monoisotopic (exact) mass is 412 g/mol. The van der Waals surface area contributed by atoms with Gasteiger partial charge < -0.3 is 19.4 Å². The van der Waals surface area contributed by atoms with Crippen molar-refractivity contribution in [2.45, 2.75) is 32.8 Å². The van der Waals surface area contributed by atoms with Crippen LogP contribution in [0.5, 0.6) is 0 Å². The lowest BCUT2D eigenvalue weighted by molar-refractivity contribution is -0.158. The van der Waals surface area contributed by atoms with Crippen LogP contribution in [0.4, 0.5) is 5.69 Å². The Morgan fingerprint density at radius 3 is 2.70 bits per heavy atom. The minimum Gasteiger partial charge on any atom is -0.459 e. The maximum atomic E-state index is 12.6. The van der Waals surface area contributed by atoms with Crippen LogP contribution >= 0.6 is 0 Å². The molecule has 0 bridgehead atoms. The SMILES string of the molecule is CC(=O)c1cccc(NC(=O)[C@@H](C)OC(=O)[C@H]2CCCN(C(=O)c3ccco3)C2)c1. The lowest BCUT2D eigenvalue weighted by Crippen LogP contribution is -2.44. The number of rotatable bonds is 6. The first-order valence-corrected chi connectivity index (χ1v) is 9.80. The highest BCUT2D eigenvalue weighted by Gasteiger charge is 2.32. The fourth-order valence-corrected chi connectivity index (χ4v) is 3.29. The van der Waals surface area contributed by atoms with E-state index >= 15 is 0 Å². The molecule has 2 heterocycles. The van der Waals surface area contributed by atoms with Crippen LogP contribution in [0.3, 0.4) is 0 Å². The number of esters is 1. The minimum atomic E-state index is -1.02. The molecule has 1 saturated heterocycles. The van der Waals surface area contributed by atoms with Gasteiger partial charge in [-0.15, -0.1) is 0 Å². The van der Waals surface area contributed by atoms with Gasteiger partial charge in [0.1, 0.15) is 0 Å². The number of nitrogens with zero attached hydrogens (tertiary/aromatic N) is 1. The minimum absolute atomic E-state index is 0.114.